The zero-order valence-corrected chi connectivity index (χ0v) is 20.2. The molecule has 3 aliphatic heterocycles. The average Bonchev–Trinajstić information content (AvgIpc) is 3.46. The third-order valence-corrected chi connectivity index (χ3v) is 6.98. The molecule has 0 unspecified atom stereocenters. The summed E-state index contributed by atoms with van der Waals surface area (Å²) in [5.74, 6) is 2.70. The number of rotatable bonds is 8. The number of hydrogen-bond acceptors (Lipinski definition) is 8. The Labute approximate surface area is 205 Å². The van der Waals surface area contributed by atoms with Gasteiger partial charge in [-0.25, -0.2) is 0 Å². The van der Waals surface area contributed by atoms with Crippen molar-refractivity contribution in [3.63, 3.8) is 0 Å². The number of imide groups is 1. The molecule has 0 saturated carbocycles. The van der Waals surface area contributed by atoms with E-state index in [2.05, 4.69) is 15.9 Å². The summed E-state index contributed by atoms with van der Waals surface area (Å²) in [6.45, 7) is 4.68. The van der Waals surface area contributed by atoms with E-state index in [1.54, 1.807) is 14.2 Å². The lowest BCUT2D eigenvalue weighted by molar-refractivity contribution is -0.139. The monoisotopic (exact) mass is 481 g/mol. The van der Waals surface area contributed by atoms with Crippen LogP contribution in [0.2, 0.25) is 0 Å². The average molecular weight is 482 g/mol. The van der Waals surface area contributed by atoms with Crippen molar-refractivity contribution in [1.29, 1.82) is 0 Å². The van der Waals surface area contributed by atoms with Crippen LogP contribution < -0.4 is 18.9 Å². The zero-order valence-electron chi connectivity index (χ0n) is 20.2. The molecule has 0 aromatic heterocycles. The molecule has 2 aromatic carbocycles. The molecular weight excluding hydrogens is 450 g/mol. The second kappa shape index (κ2) is 10.1. The molecule has 2 aromatic rings. The number of methoxy groups -OCH3 is 2. The van der Waals surface area contributed by atoms with E-state index in [1.165, 1.54) is 10.5 Å². The summed E-state index contributed by atoms with van der Waals surface area (Å²) >= 11 is 0. The summed E-state index contributed by atoms with van der Waals surface area (Å²) in [5.41, 5.74) is 2.17. The summed E-state index contributed by atoms with van der Waals surface area (Å²) in [6.07, 6.45) is 0.834. The number of fused-ring (bicyclic) bond motifs is 1. The molecule has 0 radical (unpaired) electrons. The Hall–Kier alpha value is -3.30. The van der Waals surface area contributed by atoms with Gasteiger partial charge in [0.25, 0.3) is 0 Å². The van der Waals surface area contributed by atoms with Gasteiger partial charge in [0.2, 0.25) is 18.6 Å². The normalized spacial score (nSPS) is 20.5. The topological polar surface area (TPSA) is 80.8 Å². The van der Waals surface area contributed by atoms with Crippen LogP contribution in [-0.2, 0) is 22.6 Å². The van der Waals surface area contributed by atoms with Gasteiger partial charge in [-0.05, 0) is 41.8 Å². The van der Waals surface area contributed by atoms with Gasteiger partial charge in [-0.3, -0.25) is 24.3 Å². The molecule has 2 saturated heterocycles. The van der Waals surface area contributed by atoms with Gasteiger partial charge in [-0.2, -0.15) is 0 Å². The van der Waals surface area contributed by atoms with Crippen molar-refractivity contribution in [2.45, 2.75) is 25.4 Å². The van der Waals surface area contributed by atoms with Crippen molar-refractivity contribution >= 4 is 11.8 Å². The number of ether oxygens (including phenoxy) is 4. The van der Waals surface area contributed by atoms with E-state index in [9.17, 15) is 9.59 Å². The molecule has 3 aliphatic rings. The number of nitrogens with zero attached hydrogens (tertiary/aromatic N) is 3. The first kappa shape index (κ1) is 23.4. The van der Waals surface area contributed by atoms with Crippen molar-refractivity contribution in [2.75, 3.05) is 53.7 Å². The van der Waals surface area contributed by atoms with Gasteiger partial charge < -0.3 is 18.9 Å². The zero-order chi connectivity index (χ0) is 24.4. The van der Waals surface area contributed by atoms with Crippen molar-refractivity contribution in [3.05, 3.63) is 47.5 Å². The molecule has 2 fully saturated rings. The Morgan fingerprint density at radius 3 is 2.40 bits per heavy atom. The summed E-state index contributed by atoms with van der Waals surface area (Å²) < 4.78 is 21.5. The fourth-order valence-corrected chi connectivity index (χ4v) is 4.99. The van der Waals surface area contributed by atoms with E-state index in [0.717, 1.165) is 49.8 Å². The van der Waals surface area contributed by atoms with E-state index in [0.29, 0.717) is 24.5 Å². The Morgan fingerprint density at radius 1 is 0.886 bits per heavy atom. The Kier molecular flexibility index (Phi) is 6.79. The maximum absolute atomic E-state index is 13.1. The molecule has 3 heterocycles. The minimum absolute atomic E-state index is 0.0836. The third kappa shape index (κ3) is 4.92. The summed E-state index contributed by atoms with van der Waals surface area (Å²) in [7, 11) is 3.19. The van der Waals surface area contributed by atoms with Crippen LogP contribution >= 0.6 is 0 Å². The highest BCUT2D eigenvalue weighted by Gasteiger charge is 2.42. The second-order valence-electron chi connectivity index (χ2n) is 9.04. The standard InChI is InChI=1S/C26H31N3O6/c1-32-21-5-3-18(13-23(21)33-2)7-8-29-25(30)15-20(26(29)31)28-11-9-27(10-12-28)16-19-4-6-22-24(14-19)35-17-34-22/h3-6,13-14,20H,7-12,15-17H2,1-2H3/t20-/m1/s1. The largest absolute Gasteiger partial charge is 0.493 e. The van der Waals surface area contributed by atoms with Gasteiger partial charge in [-0.1, -0.05) is 12.1 Å². The maximum Gasteiger partial charge on any atom is 0.247 e. The SMILES string of the molecule is COc1ccc(CCN2C(=O)C[C@@H](N3CCN(Cc4ccc5c(c4)OCO5)CC3)C2=O)cc1OC. The van der Waals surface area contributed by atoms with Crippen molar-refractivity contribution in [2.24, 2.45) is 0 Å². The van der Waals surface area contributed by atoms with Crippen LogP contribution in [0.4, 0.5) is 0 Å². The molecule has 9 heteroatoms. The molecule has 0 spiro atoms. The fourth-order valence-electron chi connectivity index (χ4n) is 4.99. The van der Waals surface area contributed by atoms with Gasteiger partial charge in [-0.15, -0.1) is 0 Å². The summed E-state index contributed by atoms with van der Waals surface area (Å²) in [5, 5.41) is 0. The lowest BCUT2D eigenvalue weighted by Crippen LogP contribution is -2.52. The van der Waals surface area contributed by atoms with E-state index >= 15 is 0 Å². The molecule has 0 aliphatic carbocycles. The van der Waals surface area contributed by atoms with Crippen LogP contribution in [0.1, 0.15) is 17.5 Å². The van der Waals surface area contributed by atoms with Crippen molar-refractivity contribution in [1.82, 2.24) is 14.7 Å². The minimum atomic E-state index is -0.361. The van der Waals surface area contributed by atoms with E-state index in [4.69, 9.17) is 18.9 Å². The maximum atomic E-state index is 13.1. The number of piperazine rings is 1. The summed E-state index contributed by atoms with van der Waals surface area (Å²) in [4.78, 5) is 31.7. The van der Waals surface area contributed by atoms with E-state index in [1.807, 2.05) is 30.3 Å². The predicted molar refractivity (Wildman–Crippen MR) is 128 cm³/mol. The molecular formula is C26H31N3O6. The number of benzene rings is 2. The molecule has 186 valence electrons. The Morgan fingerprint density at radius 2 is 1.63 bits per heavy atom. The Bertz CT molecular complexity index is 1100. The number of amides is 2. The lowest BCUT2D eigenvalue weighted by Gasteiger charge is -2.37. The van der Waals surface area contributed by atoms with Gasteiger partial charge in [0, 0.05) is 39.3 Å². The highest BCUT2D eigenvalue weighted by atomic mass is 16.7. The van der Waals surface area contributed by atoms with Gasteiger partial charge in [0.05, 0.1) is 26.7 Å². The molecule has 0 N–H and O–H groups in total. The van der Waals surface area contributed by atoms with Gasteiger partial charge in [0.15, 0.2) is 23.0 Å². The fraction of sp³-hybridized carbons (Fsp3) is 0.462. The number of carbonyl (C=O) groups is 2. The highest BCUT2D eigenvalue weighted by Crippen LogP contribution is 2.33. The quantitative estimate of drug-likeness (QED) is 0.529. The third-order valence-electron chi connectivity index (χ3n) is 6.98. The van der Waals surface area contributed by atoms with Crippen LogP contribution in [0.3, 0.4) is 0 Å². The van der Waals surface area contributed by atoms with Gasteiger partial charge >= 0.3 is 0 Å². The summed E-state index contributed by atoms with van der Waals surface area (Å²) in [6, 6.07) is 11.4. The first-order valence-electron chi connectivity index (χ1n) is 12.0. The molecule has 0 bridgehead atoms. The predicted octanol–water partition coefficient (Wildman–Crippen LogP) is 1.92. The van der Waals surface area contributed by atoms with E-state index < -0.39 is 0 Å². The lowest BCUT2D eigenvalue weighted by atomic mass is 10.1. The van der Waals surface area contributed by atoms with Crippen LogP contribution in [-0.4, -0.2) is 86.3 Å². The number of likely N-dealkylation sites (tertiary alicyclic amines) is 1. The smallest absolute Gasteiger partial charge is 0.247 e. The van der Waals surface area contributed by atoms with E-state index in [-0.39, 0.29) is 31.1 Å². The van der Waals surface area contributed by atoms with Crippen LogP contribution in [0, 0.1) is 0 Å². The number of hydrogen-bond donors (Lipinski definition) is 0. The Balaban J connectivity index is 1.13. The molecule has 1 atom stereocenters. The second-order valence-corrected chi connectivity index (χ2v) is 9.04. The highest BCUT2D eigenvalue weighted by molar-refractivity contribution is 6.05. The minimum Gasteiger partial charge on any atom is -0.493 e. The van der Waals surface area contributed by atoms with Crippen LogP contribution in [0.25, 0.3) is 0 Å². The van der Waals surface area contributed by atoms with Crippen LogP contribution in [0.5, 0.6) is 23.0 Å². The van der Waals surface area contributed by atoms with Crippen molar-refractivity contribution < 1.29 is 28.5 Å². The van der Waals surface area contributed by atoms with Gasteiger partial charge in [0.1, 0.15) is 0 Å². The van der Waals surface area contributed by atoms with Crippen LogP contribution in [0.15, 0.2) is 36.4 Å². The molecule has 9 nitrogen and oxygen atoms in total. The molecule has 5 rings (SSSR count). The number of carbonyl (C=O) groups excluding carboxylic acids is 2. The first-order chi connectivity index (χ1) is 17.1. The van der Waals surface area contributed by atoms with Crippen molar-refractivity contribution in [3.8, 4) is 23.0 Å². The molecule has 2 amide bonds. The molecule has 35 heavy (non-hydrogen) atoms. The first-order valence-corrected chi connectivity index (χ1v) is 12.0.